The van der Waals surface area contributed by atoms with Crippen molar-refractivity contribution < 1.29 is 19.4 Å². The first-order chi connectivity index (χ1) is 8.66. The number of carboxylic acid groups (broad SMARTS) is 1. The Kier molecular flexibility index (Phi) is 3.09. The van der Waals surface area contributed by atoms with Crippen molar-refractivity contribution in [2.75, 3.05) is 5.32 Å². The molecule has 6 heteroatoms. The molecule has 102 valence electrons. The van der Waals surface area contributed by atoms with Crippen molar-refractivity contribution in [3.05, 3.63) is 21.2 Å². The van der Waals surface area contributed by atoms with Gasteiger partial charge in [-0.25, -0.2) is 4.79 Å². The minimum Gasteiger partial charge on any atom is -0.478 e. The molecule has 1 aromatic carbocycles. The monoisotopic (exact) mass is 327 g/mol. The number of ether oxygens (including phenoxy) is 1. The largest absolute Gasteiger partial charge is 0.478 e. The highest BCUT2D eigenvalue weighted by Gasteiger charge is 2.43. The van der Waals surface area contributed by atoms with E-state index in [0.29, 0.717) is 32.6 Å². The number of anilines is 1. The van der Waals surface area contributed by atoms with E-state index in [2.05, 4.69) is 21.2 Å². The summed E-state index contributed by atoms with van der Waals surface area (Å²) in [5.74, 6) is 0.343. The van der Waals surface area contributed by atoms with E-state index in [9.17, 15) is 9.59 Å². The molecule has 0 aromatic heterocycles. The third kappa shape index (κ3) is 2.00. The third-order valence-electron chi connectivity index (χ3n) is 3.24. The minimum absolute atomic E-state index is 0.144. The molecule has 0 spiro atoms. The standard InChI is InChI=1S/C13H14BrNO4/c1-5-7-10(19-13(3,4)11(7)16)8(14)6(2)9(5)15-12(17)18/h15H,1-4H3,(H,17,18). The molecule has 0 aliphatic carbocycles. The van der Waals surface area contributed by atoms with Crippen molar-refractivity contribution in [1.82, 2.24) is 0 Å². The zero-order valence-corrected chi connectivity index (χ0v) is 12.6. The van der Waals surface area contributed by atoms with E-state index in [1.165, 1.54) is 0 Å². The van der Waals surface area contributed by atoms with Gasteiger partial charge in [-0.15, -0.1) is 0 Å². The second kappa shape index (κ2) is 4.23. The van der Waals surface area contributed by atoms with Crippen molar-refractivity contribution in [2.45, 2.75) is 33.3 Å². The van der Waals surface area contributed by atoms with Crippen molar-refractivity contribution in [2.24, 2.45) is 0 Å². The van der Waals surface area contributed by atoms with Crippen LogP contribution in [-0.4, -0.2) is 22.6 Å². The fraction of sp³-hybridized carbons (Fsp3) is 0.385. The molecule has 0 atom stereocenters. The normalized spacial score (nSPS) is 15.9. The van der Waals surface area contributed by atoms with Gasteiger partial charge in [0.15, 0.2) is 5.60 Å². The Morgan fingerprint density at radius 3 is 2.42 bits per heavy atom. The maximum absolute atomic E-state index is 12.3. The second-order valence-corrected chi connectivity index (χ2v) is 5.81. The molecule has 0 saturated heterocycles. The summed E-state index contributed by atoms with van der Waals surface area (Å²) in [5, 5.41) is 11.2. The van der Waals surface area contributed by atoms with Gasteiger partial charge in [-0.1, -0.05) is 0 Å². The van der Waals surface area contributed by atoms with Crippen LogP contribution in [0.1, 0.15) is 35.3 Å². The lowest BCUT2D eigenvalue weighted by Gasteiger charge is -2.16. The quantitative estimate of drug-likeness (QED) is 0.827. The molecule has 5 nitrogen and oxygen atoms in total. The fourth-order valence-electron chi connectivity index (χ4n) is 2.23. The summed E-state index contributed by atoms with van der Waals surface area (Å²) >= 11 is 3.38. The molecule has 0 unspecified atom stereocenters. The molecule has 19 heavy (non-hydrogen) atoms. The van der Waals surface area contributed by atoms with E-state index >= 15 is 0 Å². The summed E-state index contributed by atoms with van der Waals surface area (Å²) in [4.78, 5) is 23.2. The van der Waals surface area contributed by atoms with Gasteiger partial charge in [0, 0.05) is 0 Å². The topological polar surface area (TPSA) is 75.6 Å². The smallest absolute Gasteiger partial charge is 0.409 e. The van der Waals surface area contributed by atoms with E-state index < -0.39 is 11.7 Å². The number of ketones is 1. The summed E-state index contributed by atoms with van der Waals surface area (Å²) in [6.45, 7) is 6.87. The lowest BCUT2D eigenvalue weighted by molar-refractivity contribution is 0.0682. The van der Waals surface area contributed by atoms with Crippen molar-refractivity contribution in [3.63, 3.8) is 0 Å². The molecule has 0 radical (unpaired) electrons. The average Bonchev–Trinajstić information content (AvgIpc) is 2.54. The molecule has 1 aliphatic heterocycles. The summed E-state index contributed by atoms with van der Waals surface area (Å²) < 4.78 is 6.29. The number of rotatable bonds is 1. The number of amides is 1. The van der Waals surface area contributed by atoms with Gasteiger partial charge in [0.25, 0.3) is 0 Å². The summed E-state index contributed by atoms with van der Waals surface area (Å²) in [5.41, 5.74) is 1.22. The van der Waals surface area contributed by atoms with Crippen molar-refractivity contribution >= 4 is 33.5 Å². The Hall–Kier alpha value is -1.56. The molecule has 2 N–H and O–H groups in total. The number of Topliss-reactive ketones (excluding diaryl/α,β-unsaturated/α-hetero) is 1. The van der Waals surface area contributed by atoms with Crippen LogP contribution in [0, 0.1) is 13.8 Å². The van der Waals surface area contributed by atoms with Gasteiger partial charge >= 0.3 is 6.09 Å². The molecule has 0 fully saturated rings. The van der Waals surface area contributed by atoms with Gasteiger partial charge in [0.05, 0.1) is 15.7 Å². The van der Waals surface area contributed by atoms with Gasteiger partial charge in [-0.05, 0) is 54.8 Å². The van der Waals surface area contributed by atoms with Crippen LogP contribution in [0.2, 0.25) is 0 Å². The Bertz CT molecular complexity index is 607. The number of carbonyl (C=O) groups is 2. The zero-order chi connectivity index (χ0) is 14.5. The van der Waals surface area contributed by atoms with Crippen LogP contribution >= 0.6 is 15.9 Å². The maximum atomic E-state index is 12.3. The van der Waals surface area contributed by atoms with Gasteiger partial charge in [0.2, 0.25) is 5.78 Å². The van der Waals surface area contributed by atoms with Gasteiger partial charge in [-0.2, -0.15) is 0 Å². The SMILES string of the molecule is Cc1c(Br)c2c(c(C)c1NC(=O)O)C(=O)C(C)(C)O2. The predicted octanol–water partition coefficient (Wildman–Crippen LogP) is 3.51. The Morgan fingerprint density at radius 1 is 1.32 bits per heavy atom. The number of nitrogens with one attached hydrogen (secondary N) is 1. The first-order valence-corrected chi connectivity index (χ1v) is 6.52. The van der Waals surface area contributed by atoms with Crippen molar-refractivity contribution in [1.29, 1.82) is 0 Å². The molecule has 1 aromatic rings. The lowest BCUT2D eigenvalue weighted by atomic mass is 9.94. The van der Waals surface area contributed by atoms with Crippen LogP contribution in [0.25, 0.3) is 0 Å². The average molecular weight is 328 g/mol. The van der Waals surface area contributed by atoms with Crippen molar-refractivity contribution in [3.8, 4) is 5.75 Å². The number of halogens is 1. The zero-order valence-electron chi connectivity index (χ0n) is 11.0. The van der Waals surface area contributed by atoms with Crippen LogP contribution in [-0.2, 0) is 0 Å². The number of hydrogen-bond acceptors (Lipinski definition) is 3. The second-order valence-electron chi connectivity index (χ2n) is 5.01. The Balaban J connectivity index is 2.73. The van der Waals surface area contributed by atoms with Crippen LogP contribution < -0.4 is 10.1 Å². The van der Waals surface area contributed by atoms with Gasteiger partial charge in [0.1, 0.15) is 5.75 Å². The maximum Gasteiger partial charge on any atom is 0.409 e. The van der Waals surface area contributed by atoms with E-state index in [4.69, 9.17) is 9.84 Å². The highest BCUT2D eigenvalue weighted by Crippen LogP contribution is 2.47. The predicted molar refractivity (Wildman–Crippen MR) is 74.3 cm³/mol. The number of hydrogen-bond donors (Lipinski definition) is 2. The Labute approximate surface area is 119 Å². The number of carbonyl (C=O) groups excluding carboxylic acids is 1. The van der Waals surface area contributed by atoms with E-state index in [1.54, 1.807) is 27.7 Å². The Morgan fingerprint density at radius 2 is 1.89 bits per heavy atom. The molecular weight excluding hydrogens is 314 g/mol. The molecule has 1 amide bonds. The molecule has 2 rings (SSSR count). The molecule has 1 aliphatic rings. The third-order valence-corrected chi connectivity index (χ3v) is 4.20. The highest BCUT2D eigenvalue weighted by atomic mass is 79.9. The van der Waals surface area contributed by atoms with Crippen LogP contribution in [0.4, 0.5) is 10.5 Å². The molecule has 0 saturated carbocycles. The van der Waals surface area contributed by atoms with Crippen LogP contribution in [0.15, 0.2) is 4.47 Å². The summed E-state index contributed by atoms with van der Waals surface area (Å²) in [6.07, 6.45) is -1.16. The van der Waals surface area contributed by atoms with E-state index in [0.717, 1.165) is 0 Å². The summed E-state index contributed by atoms with van der Waals surface area (Å²) in [7, 11) is 0. The van der Waals surface area contributed by atoms with E-state index in [-0.39, 0.29) is 5.78 Å². The minimum atomic E-state index is -1.16. The highest BCUT2D eigenvalue weighted by molar-refractivity contribution is 9.10. The molecule has 0 bridgehead atoms. The van der Waals surface area contributed by atoms with Crippen LogP contribution in [0.3, 0.4) is 0 Å². The number of benzene rings is 1. The molecule has 1 heterocycles. The fourth-order valence-corrected chi connectivity index (χ4v) is 2.71. The van der Waals surface area contributed by atoms with Crippen LogP contribution in [0.5, 0.6) is 5.75 Å². The lowest BCUT2D eigenvalue weighted by Crippen LogP contribution is -2.32. The van der Waals surface area contributed by atoms with Gasteiger partial charge in [-0.3, -0.25) is 10.1 Å². The first-order valence-electron chi connectivity index (χ1n) is 5.73. The van der Waals surface area contributed by atoms with E-state index in [1.807, 2.05) is 0 Å². The first kappa shape index (κ1) is 13.9. The number of fused-ring (bicyclic) bond motifs is 1. The summed E-state index contributed by atoms with van der Waals surface area (Å²) in [6, 6.07) is 0. The van der Waals surface area contributed by atoms with Gasteiger partial charge < -0.3 is 9.84 Å². The molecular formula is C13H14BrNO4.